The maximum atomic E-state index is 12.5. The van der Waals surface area contributed by atoms with E-state index < -0.39 is 0 Å². The van der Waals surface area contributed by atoms with Crippen molar-refractivity contribution >= 4 is 35.1 Å². The molecule has 1 aliphatic heterocycles. The van der Waals surface area contributed by atoms with E-state index in [9.17, 15) is 9.59 Å². The van der Waals surface area contributed by atoms with E-state index in [1.165, 1.54) is 0 Å². The molecular formula is C20H22Cl2N2O4. The van der Waals surface area contributed by atoms with E-state index in [4.69, 9.17) is 32.4 Å². The lowest BCUT2D eigenvalue weighted by molar-refractivity contribution is -0.151. The number of nitrogens with zero attached hydrogens (tertiary/aromatic N) is 2. The quantitative estimate of drug-likeness (QED) is 0.643. The third-order valence-electron chi connectivity index (χ3n) is 4.70. The number of ether oxygens (including phenoxy) is 1. The second kappa shape index (κ2) is 9.43. The molecule has 3 rings (SSSR count). The highest BCUT2D eigenvalue weighted by atomic mass is 35.5. The van der Waals surface area contributed by atoms with Gasteiger partial charge in [-0.25, -0.2) is 4.98 Å². The Hall–Kier alpha value is -2.05. The fraction of sp³-hybridized carbons (Fsp3) is 0.450. The summed E-state index contributed by atoms with van der Waals surface area (Å²) in [6.07, 6.45) is 3.79. The van der Waals surface area contributed by atoms with E-state index in [2.05, 4.69) is 4.98 Å². The molecule has 8 heteroatoms. The number of hydrogen-bond donors (Lipinski definition) is 0. The zero-order chi connectivity index (χ0) is 20.1. The molecule has 1 unspecified atom stereocenters. The molecule has 0 N–H and O–H groups in total. The standard InChI is InChI=1S/C20H22Cl2N2O4/c1-2-27-20(26)13-4-3-9-24(12-13)19(25)8-7-18-23-11-17(28-18)15-6-5-14(21)10-16(15)22/h5-6,10-11,13H,2-4,7-9,12H2,1H3. The molecule has 1 fully saturated rings. The zero-order valence-electron chi connectivity index (χ0n) is 15.6. The van der Waals surface area contributed by atoms with Gasteiger partial charge in [0.2, 0.25) is 5.91 Å². The predicted molar refractivity (Wildman–Crippen MR) is 106 cm³/mol. The SMILES string of the molecule is CCOC(=O)C1CCCN(C(=O)CCc2ncc(-c3ccc(Cl)cc3Cl)o2)C1. The summed E-state index contributed by atoms with van der Waals surface area (Å²) < 4.78 is 10.8. The summed E-state index contributed by atoms with van der Waals surface area (Å²) in [4.78, 5) is 30.4. The van der Waals surface area contributed by atoms with E-state index in [0.717, 1.165) is 12.8 Å². The number of aromatic nitrogens is 1. The smallest absolute Gasteiger partial charge is 0.310 e. The van der Waals surface area contributed by atoms with Crippen LogP contribution in [0.5, 0.6) is 0 Å². The summed E-state index contributed by atoms with van der Waals surface area (Å²) in [6.45, 7) is 3.21. The highest BCUT2D eigenvalue weighted by Crippen LogP contribution is 2.31. The molecule has 1 aromatic carbocycles. The van der Waals surface area contributed by atoms with Gasteiger partial charge in [-0.1, -0.05) is 23.2 Å². The summed E-state index contributed by atoms with van der Waals surface area (Å²) in [5.74, 6) is 0.520. The fourth-order valence-corrected chi connectivity index (χ4v) is 3.77. The maximum absolute atomic E-state index is 12.5. The van der Waals surface area contributed by atoms with Crippen molar-refractivity contribution in [2.24, 2.45) is 5.92 Å². The number of oxazole rings is 1. The minimum absolute atomic E-state index is 0.0155. The average molecular weight is 425 g/mol. The van der Waals surface area contributed by atoms with Gasteiger partial charge in [-0.05, 0) is 38.0 Å². The van der Waals surface area contributed by atoms with E-state index in [1.54, 1.807) is 36.2 Å². The Kier molecular flexibility index (Phi) is 6.97. The second-order valence-corrected chi connectivity index (χ2v) is 7.52. The number of aryl methyl sites for hydroxylation is 1. The van der Waals surface area contributed by atoms with Crippen LogP contribution in [0.2, 0.25) is 10.0 Å². The Bertz CT molecular complexity index is 852. The largest absolute Gasteiger partial charge is 0.466 e. The zero-order valence-corrected chi connectivity index (χ0v) is 17.1. The lowest BCUT2D eigenvalue weighted by Crippen LogP contribution is -2.42. The number of carbonyl (C=O) groups is 2. The molecule has 1 atom stereocenters. The number of hydrogen-bond acceptors (Lipinski definition) is 5. The van der Waals surface area contributed by atoms with Crippen LogP contribution in [0.25, 0.3) is 11.3 Å². The van der Waals surface area contributed by atoms with Gasteiger partial charge in [0, 0.05) is 36.5 Å². The van der Waals surface area contributed by atoms with Gasteiger partial charge >= 0.3 is 5.97 Å². The molecule has 28 heavy (non-hydrogen) atoms. The fourth-order valence-electron chi connectivity index (χ4n) is 3.27. The predicted octanol–water partition coefficient (Wildman–Crippen LogP) is 4.38. The minimum Gasteiger partial charge on any atom is -0.466 e. The maximum Gasteiger partial charge on any atom is 0.310 e. The van der Waals surface area contributed by atoms with Crippen molar-refractivity contribution in [3.63, 3.8) is 0 Å². The molecule has 1 amide bonds. The molecular weight excluding hydrogens is 403 g/mol. The van der Waals surface area contributed by atoms with E-state index >= 15 is 0 Å². The number of halogens is 2. The normalized spacial score (nSPS) is 16.8. The first kappa shape index (κ1) is 20.7. The van der Waals surface area contributed by atoms with Gasteiger partial charge in [0.1, 0.15) is 0 Å². The number of benzene rings is 1. The molecule has 1 aromatic heterocycles. The lowest BCUT2D eigenvalue weighted by atomic mass is 9.98. The molecule has 0 bridgehead atoms. The molecule has 0 spiro atoms. The van der Waals surface area contributed by atoms with Gasteiger partial charge in [-0.3, -0.25) is 9.59 Å². The summed E-state index contributed by atoms with van der Waals surface area (Å²) in [6, 6.07) is 5.13. The van der Waals surface area contributed by atoms with Crippen LogP contribution in [0, 0.1) is 5.92 Å². The third kappa shape index (κ3) is 5.06. The number of esters is 1. The summed E-state index contributed by atoms with van der Waals surface area (Å²) >= 11 is 12.1. The highest BCUT2D eigenvalue weighted by molar-refractivity contribution is 6.36. The van der Waals surface area contributed by atoms with Crippen LogP contribution in [0.4, 0.5) is 0 Å². The van der Waals surface area contributed by atoms with Crippen LogP contribution in [-0.4, -0.2) is 41.5 Å². The lowest BCUT2D eigenvalue weighted by Gasteiger charge is -2.31. The summed E-state index contributed by atoms with van der Waals surface area (Å²) in [5, 5.41) is 1.02. The summed E-state index contributed by atoms with van der Waals surface area (Å²) in [7, 11) is 0. The van der Waals surface area contributed by atoms with Crippen molar-refractivity contribution in [1.82, 2.24) is 9.88 Å². The second-order valence-electron chi connectivity index (χ2n) is 6.67. The van der Waals surface area contributed by atoms with Gasteiger partial charge in [-0.2, -0.15) is 0 Å². The van der Waals surface area contributed by atoms with E-state index in [1.807, 2.05) is 0 Å². The van der Waals surface area contributed by atoms with Gasteiger partial charge in [-0.15, -0.1) is 0 Å². The Morgan fingerprint density at radius 2 is 2.18 bits per heavy atom. The first-order valence-corrected chi connectivity index (χ1v) is 10.1. The van der Waals surface area contributed by atoms with Gasteiger partial charge in [0.25, 0.3) is 0 Å². The van der Waals surface area contributed by atoms with Crippen LogP contribution >= 0.6 is 23.2 Å². The van der Waals surface area contributed by atoms with Crippen molar-refractivity contribution < 1.29 is 18.7 Å². The first-order chi connectivity index (χ1) is 13.5. The molecule has 1 saturated heterocycles. The van der Waals surface area contributed by atoms with Crippen LogP contribution in [0.3, 0.4) is 0 Å². The number of rotatable bonds is 6. The number of amides is 1. The molecule has 2 aromatic rings. The monoisotopic (exact) mass is 424 g/mol. The van der Waals surface area contributed by atoms with Crippen LogP contribution in [-0.2, 0) is 20.7 Å². The van der Waals surface area contributed by atoms with Gasteiger partial charge in [0.15, 0.2) is 11.7 Å². The van der Waals surface area contributed by atoms with Crippen LogP contribution in [0.15, 0.2) is 28.8 Å². The molecule has 2 heterocycles. The minimum atomic E-state index is -0.238. The number of likely N-dealkylation sites (tertiary alicyclic amines) is 1. The topological polar surface area (TPSA) is 72.6 Å². The van der Waals surface area contributed by atoms with E-state index in [0.29, 0.717) is 53.4 Å². The number of piperidine rings is 1. The highest BCUT2D eigenvalue weighted by Gasteiger charge is 2.29. The average Bonchev–Trinajstić information content (AvgIpc) is 3.15. The van der Waals surface area contributed by atoms with Crippen molar-refractivity contribution in [3.8, 4) is 11.3 Å². The first-order valence-electron chi connectivity index (χ1n) is 9.32. The number of carbonyl (C=O) groups excluding carboxylic acids is 2. The molecule has 0 radical (unpaired) electrons. The Morgan fingerprint density at radius 1 is 1.36 bits per heavy atom. The summed E-state index contributed by atoms with van der Waals surface area (Å²) in [5.41, 5.74) is 0.699. The van der Waals surface area contributed by atoms with Crippen molar-refractivity contribution in [1.29, 1.82) is 0 Å². The van der Waals surface area contributed by atoms with Gasteiger partial charge in [0.05, 0.1) is 23.7 Å². The van der Waals surface area contributed by atoms with E-state index in [-0.39, 0.29) is 24.2 Å². The van der Waals surface area contributed by atoms with Crippen molar-refractivity contribution in [2.45, 2.75) is 32.6 Å². The van der Waals surface area contributed by atoms with Gasteiger partial charge < -0.3 is 14.1 Å². The Balaban J connectivity index is 1.56. The molecule has 150 valence electrons. The Labute approximate surface area is 173 Å². The van der Waals surface area contributed by atoms with Crippen LogP contribution in [0.1, 0.15) is 32.1 Å². The third-order valence-corrected chi connectivity index (χ3v) is 5.24. The van der Waals surface area contributed by atoms with Crippen molar-refractivity contribution in [3.05, 3.63) is 40.3 Å². The molecule has 0 saturated carbocycles. The molecule has 6 nitrogen and oxygen atoms in total. The molecule has 1 aliphatic rings. The van der Waals surface area contributed by atoms with Crippen LogP contribution < -0.4 is 0 Å². The molecule has 0 aliphatic carbocycles. The Morgan fingerprint density at radius 3 is 2.93 bits per heavy atom. The van der Waals surface area contributed by atoms with Crippen molar-refractivity contribution in [2.75, 3.05) is 19.7 Å².